The summed E-state index contributed by atoms with van der Waals surface area (Å²) in [5, 5.41) is 9.46. The van der Waals surface area contributed by atoms with Crippen LogP contribution in [0.4, 0.5) is 0 Å². The topological polar surface area (TPSA) is 37.3 Å². The molecule has 0 heterocycles. The van der Waals surface area contributed by atoms with Gasteiger partial charge in [-0.15, -0.1) is 0 Å². The molecule has 0 aromatic heterocycles. The molecule has 1 aromatic carbocycles. The standard InChI is InChI=1S/C10H10BrClO2/c1-6(14)10(11)8-4-7(5-13)2-3-9(8)12/h2-4,10,13H,5H2,1H3. The first-order chi connectivity index (χ1) is 6.56. The summed E-state index contributed by atoms with van der Waals surface area (Å²) in [5.74, 6) is -0.0120. The lowest BCUT2D eigenvalue weighted by molar-refractivity contribution is -0.116. The van der Waals surface area contributed by atoms with Gasteiger partial charge >= 0.3 is 0 Å². The van der Waals surface area contributed by atoms with Crippen LogP contribution in [-0.2, 0) is 11.4 Å². The van der Waals surface area contributed by atoms with Crippen molar-refractivity contribution in [2.75, 3.05) is 0 Å². The molecule has 0 spiro atoms. The van der Waals surface area contributed by atoms with Gasteiger partial charge in [0.1, 0.15) is 5.78 Å². The number of rotatable bonds is 3. The molecule has 0 saturated carbocycles. The molecule has 0 aliphatic carbocycles. The van der Waals surface area contributed by atoms with Crippen LogP contribution in [0.5, 0.6) is 0 Å². The lowest BCUT2D eigenvalue weighted by atomic mass is 10.1. The van der Waals surface area contributed by atoms with Crippen molar-refractivity contribution in [2.45, 2.75) is 18.4 Å². The van der Waals surface area contributed by atoms with Crippen molar-refractivity contribution in [2.24, 2.45) is 0 Å². The molecule has 0 radical (unpaired) electrons. The summed E-state index contributed by atoms with van der Waals surface area (Å²) >= 11 is 9.18. The van der Waals surface area contributed by atoms with Gasteiger partial charge in [-0.05, 0) is 24.1 Å². The van der Waals surface area contributed by atoms with E-state index in [0.717, 1.165) is 5.56 Å². The molecule has 1 aromatic rings. The molecule has 1 atom stereocenters. The molecule has 1 rings (SSSR count). The van der Waals surface area contributed by atoms with Crippen LogP contribution in [0.2, 0.25) is 5.02 Å². The third-order valence-electron chi connectivity index (χ3n) is 1.87. The number of alkyl halides is 1. The highest BCUT2D eigenvalue weighted by molar-refractivity contribution is 9.09. The Bertz CT molecular complexity index is 352. The molecule has 0 aliphatic heterocycles. The summed E-state index contributed by atoms with van der Waals surface area (Å²) in [5.41, 5.74) is 1.45. The SMILES string of the molecule is CC(=O)C(Br)c1cc(CO)ccc1Cl. The number of hydrogen-bond acceptors (Lipinski definition) is 2. The van der Waals surface area contributed by atoms with Gasteiger partial charge in [0.05, 0.1) is 11.4 Å². The minimum absolute atomic E-state index is 0.0120. The third-order valence-corrected chi connectivity index (χ3v) is 3.36. The van der Waals surface area contributed by atoms with E-state index >= 15 is 0 Å². The van der Waals surface area contributed by atoms with Gasteiger partial charge < -0.3 is 5.11 Å². The minimum atomic E-state index is -0.401. The number of Topliss-reactive ketones (excluding diaryl/α,β-unsaturated/α-hetero) is 1. The number of hydrogen-bond donors (Lipinski definition) is 1. The molecular weight excluding hydrogens is 267 g/mol. The van der Waals surface area contributed by atoms with Crippen molar-refractivity contribution in [1.82, 2.24) is 0 Å². The molecule has 4 heteroatoms. The minimum Gasteiger partial charge on any atom is -0.392 e. The molecule has 0 fully saturated rings. The summed E-state index contributed by atoms with van der Waals surface area (Å²) in [6.07, 6.45) is 0. The van der Waals surface area contributed by atoms with Crippen LogP contribution in [-0.4, -0.2) is 10.9 Å². The number of aliphatic hydroxyl groups is 1. The zero-order valence-corrected chi connectivity index (χ0v) is 9.97. The Morgan fingerprint density at radius 1 is 1.64 bits per heavy atom. The normalized spacial score (nSPS) is 12.6. The van der Waals surface area contributed by atoms with Gasteiger partial charge in [-0.1, -0.05) is 39.7 Å². The van der Waals surface area contributed by atoms with Gasteiger partial charge in [-0.3, -0.25) is 4.79 Å². The fourth-order valence-electron chi connectivity index (χ4n) is 1.10. The van der Waals surface area contributed by atoms with Crippen molar-refractivity contribution in [3.05, 3.63) is 34.3 Å². The molecule has 0 aliphatic rings. The van der Waals surface area contributed by atoms with Crippen LogP contribution >= 0.6 is 27.5 Å². The van der Waals surface area contributed by atoms with E-state index in [4.69, 9.17) is 16.7 Å². The first kappa shape index (κ1) is 11.7. The second-order valence-corrected chi connectivity index (χ2v) is 4.31. The summed E-state index contributed by atoms with van der Waals surface area (Å²) in [6.45, 7) is 1.43. The summed E-state index contributed by atoms with van der Waals surface area (Å²) in [7, 11) is 0. The summed E-state index contributed by atoms with van der Waals surface area (Å²) in [4.78, 5) is 10.7. The van der Waals surface area contributed by atoms with Crippen molar-refractivity contribution < 1.29 is 9.90 Å². The van der Waals surface area contributed by atoms with E-state index in [1.165, 1.54) is 6.92 Å². The third kappa shape index (κ3) is 2.56. The fourth-order valence-corrected chi connectivity index (χ4v) is 1.84. The Balaban J connectivity index is 3.11. The lowest BCUT2D eigenvalue weighted by Crippen LogP contribution is -2.02. The van der Waals surface area contributed by atoms with Crippen LogP contribution in [0.25, 0.3) is 0 Å². The first-order valence-corrected chi connectivity index (χ1v) is 5.39. The summed E-state index contributed by atoms with van der Waals surface area (Å²) < 4.78 is 0. The van der Waals surface area contributed by atoms with E-state index in [0.29, 0.717) is 10.6 Å². The lowest BCUT2D eigenvalue weighted by Gasteiger charge is -2.09. The second kappa shape index (κ2) is 4.91. The van der Waals surface area contributed by atoms with Gasteiger partial charge in [0, 0.05) is 5.02 Å². The smallest absolute Gasteiger partial charge is 0.147 e. The Labute approximate surface area is 96.0 Å². The molecule has 0 bridgehead atoms. The average Bonchev–Trinajstić information content (AvgIpc) is 2.17. The molecule has 1 unspecified atom stereocenters. The Hall–Kier alpha value is -0.380. The first-order valence-electron chi connectivity index (χ1n) is 4.10. The van der Waals surface area contributed by atoms with Crippen molar-refractivity contribution in [3.8, 4) is 0 Å². The van der Waals surface area contributed by atoms with E-state index in [1.807, 2.05) is 0 Å². The maximum atomic E-state index is 11.1. The van der Waals surface area contributed by atoms with Gasteiger partial charge in [0.2, 0.25) is 0 Å². The number of halogens is 2. The monoisotopic (exact) mass is 276 g/mol. The maximum Gasteiger partial charge on any atom is 0.147 e. The highest BCUT2D eigenvalue weighted by Crippen LogP contribution is 2.30. The largest absolute Gasteiger partial charge is 0.392 e. The van der Waals surface area contributed by atoms with Gasteiger partial charge in [0.25, 0.3) is 0 Å². The molecule has 0 saturated heterocycles. The molecule has 76 valence electrons. The highest BCUT2D eigenvalue weighted by Gasteiger charge is 2.16. The number of aliphatic hydroxyl groups excluding tert-OH is 1. The van der Waals surface area contributed by atoms with Crippen LogP contribution in [0.3, 0.4) is 0 Å². The van der Waals surface area contributed by atoms with Crippen LogP contribution < -0.4 is 0 Å². The zero-order valence-electron chi connectivity index (χ0n) is 7.63. The molecule has 14 heavy (non-hydrogen) atoms. The Morgan fingerprint density at radius 2 is 2.29 bits per heavy atom. The van der Waals surface area contributed by atoms with Crippen LogP contribution in [0, 0.1) is 0 Å². The van der Waals surface area contributed by atoms with Crippen LogP contribution in [0.1, 0.15) is 22.9 Å². The maximum absolute atomic E-state index is 11.1. The molecular formula is C10H10BrClO2. The molecule has 2 nitrogen and oxygen atoms in total. The van der Waals surface area contributed by atoms with Gasteiger partial charge in [-0.2, -0.15) is 0 Å². The number of carbonyl (C=O) groups is 1. The average molecular weight is 278 g/mol. The second-order valence-electron chi connectivity index (χ2n) is 2.99. The summed E-state index contributed by atoms with van der Waals surface area (Å²) in [6, 6.07) is 5.13. The fraction of sp³-hybridized carbons (Fsp3) is 0.300. The van der Waals surface area contributed by atoms with E-state index in [9.17, 15) is 4.79 Å². The van der Waals surface area contributed by atoms with Gasteiger partial charge in [0.15, 0.2) is 0 Å². The predicted octanol–water partition coefficient (Wildman–Crippen LogP) is 2.86. The predicted molar refractivity (Wildman–Crippen MR) is 59.7 cm³/mol. The van der Waals surface area contributed by atoms with E-state index in [1.54, 1.807) is 18.2 Å². The van der Waals surface area contributed by atoms with Crippen molar-refractivity contribution in [3.63, 3.8) is 0 Å². The van der Waals surface area contributed by atoms with E-state index < -0.39 is 4.83 Å². The van der Waals surface area contributed by atoms with Crippen molar-refractivity contribution in [1.29, 1.82) is 0 Å². The van der Waals surface area contributed by atoms with Gasteiger partial charge in [-0.25, -0.2) is 0 Å². The van der Waals surface area contributed by atoms with E-state index in [-0.39, 0.29) is 12.4 Å². The Kier molecular flexibility index (Phi) is 4.11. The highest BCUT2D eigenvalue weighted by atomic mass is 79.9. The number of ketones is 1. The van der Waals surface area contributed by atoms with E-state index in [2.05, 4.69) is 15.9 Å². The number of carbonyl (C=O) groups excluding carboxylic acids is 1. The number of benzene rings is 1. The zero-order chi connectivity index (χ0) is 10.7. The quantitative estimate of drug-likeness (QED) is 0.863. The molecule has 1 N–H and O–H groups in total. The van der Waals surface area contributed by atoms with Crippen molar-refractivity contribution >= 4 is 33.3 Å². The van der Waals surface area contributed by atoms with Crippen LogP contribution in [0.15, 0.2) is 18.2 Å². The molecule has 0 amide bonds. The Morgan fingerprint density at radius 3 is 2.79 bits per heavy atom.